The van der Waals surface area contributed by atoms with Crippen molar-refractivity contribution in [2.24, 2.45) is 5.73 Å². The van der Waals surface area contributed by atoms with E-state index in [9.17, 15) is 0 Å². The summed E-state index contributed by atoms with van der Waals surface area (Å²) in [4.78, 5) is 0. The largest absolute Gasteiger partial charge is 0.489 e. The predicted molar refractivity (Wildman–Crippen MR) is 78.3 cm³/mol. The molecule has 0 atom stereocenters. The zero-order valence-electron chi connectivity index (χ0n) is 9.99. The van der Waals surface area contributed by atoms with Crippen LogP contribution in [0.4, 0.5) is 0 Å². The minimum atomic E-state index is -0.0670. The Kier molecular flexibility index (Phi) is 4.30. The van der Waals surface area contributed by atoms with Crippen LogP contribution < -0.4 is 10.5 Å². The van der Waals surface area contributed by atoms with E-state index in [4.69, 9.17) is 39.1 Å². The molecular weight excluding hydrogens is 283 g/mol. The van der Waals surface area contributed by atoms with Gasteiger partial charge >= 0.3 is 0 Å². The number of ether oxygens (including phenoxy) is 1. The van der Waals surface area contributed by atoms with Gasteiger partial charge in [-0.1, -0.05) is 41.4 Å². The van der Waals surface area contributed by atoms with Gasteiger partial charge in [-0.05, 0) is 24.3 Å². The lowest BCUT2D eigenvalue weighted by atomic mass is 10.2. The van der Waals surface area contributed by atoms with E-state index in [0.717, 1.165) is 5.56 Å². The van der Waals surface area contributed by atoms with Crippen molar-refractivity contribution in [1.82, 2.24) is 0 Å². The molecule has 0 bridgehead atoms. The molecule has 0 saturated heterocycles. The molecular formula is C14H12Cl2N2O. The topological polar surface area (TPSA) is 59.1 Å². The van der Waals surface area contributed by atoms with Crippen LogP contribution in [0.2, 0.25) is 10.0 Å². The third kappa shape index (κ3) is 3.40. The Labute approximate surface area is 121 Å². The summed E-state index contributed by atoms with van der Waals surface area (Å²) in [5.74, 6) is 0.539. The third-order valence-electron chi connectivity index (χ3n) is 2.58. The van der Waals surface area contributed by atoms with E-state index in [2.05, 4.69) is 0 Å². The quantitative estimate of drug-likeness (QED) is 0.664. The predicted octanol–water partition coefficient (Wildman–Crippen LogP) is 3.86. The average Bonchev–Trinajstić information content (AvgIpc) is 2.37. The zero-order chi connectivity index (χ0) is 13.8. The second-order valence-electron chi connectivity index (χ2n) is 3.94. The van der Waals surface area contributed by atoms with E-state index in [1.807, 2.05) is 24.3 Å². The second-order valence-corrected chi connectivity index (χ2v) is 4.75. The summed E-state index contributed by atoms with van der Waals surface area (Å²) in [5, 5.41) is 8.40. The molecule has 0 aliphatic carbocycles. The fraction of sp³-hybridized carbons (Fsp3) is 0.0714. The van der Waals surface area contributed by atoms with Crippen LogP contribution in [-0.2, 0) is 6.61 Å². The van der Waals surface area contributed by atoms with Gasteiger partial charge in [-0.3, -0.25) is 5.41 Å². The molecule has 3 nitrogen and oxygen atoms in total. The number of hydrogen-bond acceptors (Lipinski definition) is 2. The van der Waals surface area contributed by atoms with E-state index in [1.165, 1.54) is 0 Å². The number of amidine groups is 1. The van der Waals surface area contributed by atoms with Crippen LogP contribution in [0, 0.1) is 5.41 Å². The normalized spacial score (nSPS) is 10.2. The van der Waals surface area contributed by atoms with Crippen LogP contribution in [0.1, 0.15) is 11.1 Å². The average molecular weight is 295 g/mol. The van der Waals surface area contributed by atoms with Crippen molar-refractivity contribution in [2.75, 3.05) is 0 Å². The van der Waals surface area contributed by atoms with Crippen molar-refractivity contribution in [3.8, 4) is 5.75 Å². The lowest BCUT2D eigenvalue weighted by Crippen LogP contribution is -2.11. The van der Waals surface area contributed by atoms with Crippen LogP contribution in [0.3, 0.4) is 0 Å². The van der Waals surface area contributed by atoms with Gasteiger partial charge in [-0.25, -0.2) is 0 Å². The van der Waals surface area contributed by atoms with Gasteiger partial charge in [0.25, 0.3) is 0 Å². The van der Waals surface area contributed by atoms with E-state index >= 15 is 0 Å². The minimum Gasteiger partial charge on any atom is -0.489 e. The van der Waals surface area contributed by atoms with Crippen LogP contribution in [0.5, 0.6) is 5.75 Å². The van der Waals surface area contributed by atoms with E-state index < -0.39 is 0 Å². The molecule has 19 heavy (non-hydrogen) atoms. The Balaban J connectivity index is 2.11. The molecule has 0 spiro atoms. The molecule has 0 saturated carbocycles. The number of nitrogens with two attached hydrogens (primary N) is 1. The molecule has 2 aromatic carbocycles. The molecule has 0 radical (unpaired) electrons. The first-order valence-electron chi connectivity index (χ1n) is 5.58. The number of benzene rings is 2. The number of hydrogen-bond donors (Lipinski definition) is 2. The smallest absolute Gasteiger partial charge is 0.124 e. The van der Waals surface area contributed by atoms with Crippen LogP contribution in [0.15, 0.2) is 42.5 Å². The summed E-state index contributed by atoms with van der Waals surface area (Å²) in [7, 11) is 0. The number of rotatable bonds is 4. The van der Waals surface area contributed by atoms with Crippen molar-refractivity contribution < 1.29 is 4.74 Å². The molecule has 5 heteroatoms. The Bertz CT molecular complexity index is 614. The van der Waals surface area contributed by atoms with Gasteiger partial charge in [-0.2, -0.15) is 0 Å². The van der Waals surface area contributed by atoms with Crippen LogP contribution >= 0.6 is 23.2 Å². The molecule has 2 aromatic rings. The summed E-state index contributed by atoms with van der Waals surface area (Å²) in [6, 6.07) is 12.5. The summed E-state index contributed by atoms with van der Waals surface area (Å²) in [6.07, 6.45) is 0. The van der Waals surface area contributed by atoms with Gasteiger partial charge in [0.1, 0.15) is 18.2 Å². The lowest BCUT2D eigenvalue weighted by molar-refractivity contribution is 0.306. The molecule has 0 aromatic heterocycles. The lowest BCUT2D eigenvalue weighted by Gasteiger charge is -2.09. The number of nitrogen functional groups attached to an aromatic ring is 1. The summed E-state index contributed by atoms with van der Waals surface area (Å²) >= 11 is 12.0. The van der Waals surface area contributed by atoms with Crippen molar-refractivity contribution in [2.45, 2.75) is 6.61 Å². The van der Waals surface area contributed by atoms with Gasteiger partial charge < -0.3 is 10.5 Å². The summed E-state index contributed by atoms with van der Waals surface area (Å²) < 4.78 is 5.61. The first kappa shape index (κ1) is 13.7. The number of halogens is 2. The number of nitrogens with one attached hydrogen (secondary N) is 1. The molecule has 0 amide bonds. The maximum Gasteiger partial charge on any atom is 0.124 e. The van der Waals surface area contributed by atoms with E-state index in [0.29, 0.717) is 28.0 Å². The molecule has 3 N–H and O–H groups in total. The fourth-order valence-corrected chi connectivity index (χ4v) is 2.04. The van der Waals surface area contributed by atoms with Crippen molar-refractivity contribution in [3.05, 3.63) is 63.6 Å². The first-order valence-corrected chi connectivity index (χ1v) is 6.33. The Hall–Kier alpha value is -1.71. The van der Waals surface area contributed by atoms with Crippen molar-refractivity contribution in [3.63, 3.8) is 0 Å². The Morgan fingerprint density at radius 3 is 2.47 bits per heavy atom. The second kappa shape index (κ2) is 5.95. The molecule has 2 rings (SSSR count). The van der Waals surface area contributed by atoms with Gasteiger partial charge in [0, 0.05) is 16.1 Å². The van der Waals surface area contributed by atoms with Crippen molar-refractivity contribution >= 4 is 29.0 Å². The molecule has 0 heterocycles. The van der Waals surface area contributed by atoms with Crippen LogP contribution in [0.25, 0.3) is 0 Å². The SMILES string of the molecule is N=C(N)c1ccc(OCc2ccccc2Cl)cc1Cl. The standard InChI is InChI=1S/C14H12Cl2N2O/c15-12-4-2-1-3-9(12)8-19-10-5-6-11(14(17)18)13(16)7-10/h1-7H,8H2,(H3,17,18). The summed E-state index contributed by atoms with van der Waals surface area (Å²) in [6.45, 7) is 0.357. The Morgan fingerprint density at radius 2 is 1.84 bits per heavy atom. The van der Waals surface area contributed by atoms with Gasteiger partial charge in [0.05, 0.1) is 5.02 Å². The summed E-state index contributed by atoms with van der Waals surface area (Å²) in [5.41, 5.74) is 6.78. The molecule has 0 fully saturated rings. The highest BCUT2D eigenvalue weighted by atomic mass is 35.5. The highest BCUT2D eigenvalue weighted by Crippen LogP contribution is 2.24. The van der Waals surface area contributed by atoms with Gasteiger partial charge in [-0.15, -0.1) is 0 Å². The van der Waals surface area contributed by atoms with E-state index in [-0.39, 0.29) is 5.84 Å². The zero-order valence-corrected chi connectivity index (χ0v) is 11.5. The minimum absolute atomic E-state index is 0.0670. The first-order chi connectivity index (χ1) is 9.08. The highest BCUT2D eigenvalue weighted by molar-refractivity contribution is 6.34. The molecule has 98 valence electrons. The molecule has 0 unspecified atom stereocenters. The highest BCUT2D eigenvalue weighted by Gasteiger charge is 2.06. The van der Waals surface area contributed by atoms with E-state index in [1.54, 1.807) is 18.2 Å². The van der Waals surface area contributed by atoms with Crippen LogP contribution in [-0.4, -0.2) is 5.84 Å². The van der Waals surface area contributed by atoms with Gasteiger partial charge in [0.15, 0.2) is 0 Å². The Morgan fingerprint density at radius 1 is 1.11 bits per heavy atom. The van der Waals surface area contributed by atoms with Crippen molar-refractivity contribution in [1.29, 1.82) is 5.41 Å². The fourth-order valence-electron chi connectivity index (χ4n) is 1.58. The maximum atomic E-state index is 7.35. The monoisotopic (exact) mass is 294 g/mol. The maximum absolute atomic E-state index is 7.35. The van der Waals surface area contributed by atoms with Gasteiger partial charge in [0.2, 0.25) is 0 Å². The third-order valence-corrected chi connectivity index (χ3v) is 3.26. The molecule has 0 aliphatic rings. The molecule has 0 aliphatic heterocycles.